The third-order valence-corrected chi connectivity index (χ3v) is 5.82. The van der Waals surface area contributed by atoms with E-state index in [0.717, 1.165) is 25.5 Å². The highest BCUT2D eigenvalue weighted by Crippen LogP contribution is 2.22. The second-order valence-electron chi connectivity index (χ2n) is 6.64. The molecule has 0 saturated heterocycles. The highest BCUT2D eigenvalue weighted by atomic mass is 35.5. The Morgan fingerprint density at radius 1 is 1.27 bits per heavy atom. The molecule has 0 aromatic heterocycles. The van der Waals surface area contributed by atoms with Gasteiger partial charge < -0.3 is 5.32 Å². The van der Waals surface area contributed by atoms with Crippen LogP contribution < -0.4 is 9.62 Å². The minimum absolute atomic E-state index is 0.0282. The van der Waals surface area contributed by atoms with E-state index in [0.29, 0.717) is 36.0 Å². The fourth-order valence-electron chi connectivity index (χ4n) is 2.79. The lowest BCUT2D eigenvalue weighted by atomic mass is 9.99. The molecule has 1 rings (SSSR count). The second kappa shape index (κ2) is 11.4. The predicted octanol–water partition coefficient (Wildman–Crippen LogP) is 4.22. The predicted molar refractivity (Wildman–Crippen MR) is 109 cm³/mol. The molecule has 148 valence electrons. The van der Waals surface area contributed by atoms with Gasteiger partial charge in [-0.1, -0.05) is 50.8 Å². The average Bonchev–Trinajstić information content (AvgIpc) is 2.57. The Hall–Kier alpha value is -1.27. The van der Waals surface area contributed by atoms with E-state index < -0.39 is 10.0 Å². The van der Waals surface area contributed by atoms with Gasteiger partial charge in [0.25, 0.3) is 0 Å². The minimum atomic E-state index is -3.43. The van der Waals surface area contributed by atoms with Gasteiger partial charge in [0.15, 0.2) is 0 Å². The molecule has 1 N–H and O–H groups in total. The van der Waals surface area contributed by atoms with Crippen LogP contribution in [-0.4, -0.2) is 33.7 Å². The van der Waals surface area contributed by atoms with Crippen molar-refractivity contribution >= 4 is 33.2 Å². The zero-order valence-electron chi connectivity index (χ0n) is 16.0. The summed E-state index contributed by atoms with van der Waals surface area (Å²) < 4.78 is 25.4. The van der Waals surface area contributed by atoms with Gasteiger partial charge >= 0.3 is 0 Å². The highest BCUT2D eigenvalue weighted by molar-refractivity contribution is 7.92. The number of nitrogens with zero attached hydrogens (tertiary/aromatic N) is 1. The largest absolute Gasteiger partial charge is 0.356 e. The van der Waals surface area contributed by atoms with Gasteiger partial charge in [0, 0.05) is 24.5 Å². The lowest BCUT2D eigenvalue weighted by Crippen LogP contribution is -2.33. The second-order valence-corrected chi connectivity index (χ2v) is 8.98. The maximum Gasteiger partial charge on any atom is 0.232 e. The van der Waals surface area contributed by atoms with E-state index in [1.807, 2.05) is 0 Å². The van der Waals surface area contributed by atoms with Crippen LogP contribution in [0.1, 0.15) is 52.4 Å². The molecule has 5 nitrogen and oxygen atoms in total. The van der Waals surface area contributed by atoms with Gasteiger partial charge in [-0.25, -0.2) is 8.42 Å². The molecule has 1 amide bonds. The van der Waals surface area contributed by atoms with Crippen LogP contribution in [0.25, 0.3) is 0 Å². The van der Waals surface area contributed by atoms with Crippen molar-refractivity contribution in [1.82, 2.24) is 5.32 Å². The molecule has 1 aromatic carbocycles. The molecule has 1 aromatic rings. The summed E-state index contributed by atoms with van der Waals surface area (Å²) in [7, 11) is -3.43. The monoisotopic (exact) mass is 402 g/mol. The number of sulfonamides is 1. The summed E-state index contributed by atoms with van der Waals surface area (Å²) in [4.78, 5) is 12.1. The molecule has 0 aliphatic carbocycles. The summed E-state index contributed by atoms with van der Waals surface area (Å²) in [5.41, 5.74) is 0.519. The molecule has 0 aliphatic heterocycles. The van der Waals surface area contributed by atoms with E-state index in [9.17, 15) is 13.2 Å². The quantitative estimate of drug-likeness (QED) is 0.569. The standard InChI is InChI=1S/C19H31ClN2O3S/c1-4-6-9-16(5-2)15-21-19(23)12-8-13-22(26(3,24)25)18-11-7-10-17(20)14-18/h7,10-11,14,16H,4-6,8-9,12-13,15H2,1-3H3,(H,21,23)/t16-/m0/s1. The molecule has 0 unspecified atom stereocenters. The number of carbonyl (C=O) groups is 1. The van der Waals surface area contributed by atoms with E-state index >= 15 is 0 Å². The first-order valence-electron chi connectivity index (χ1n) is 9.27. The number of nitrogens with one attached hydrogen (secondary N) is 1. The number of hydrogen-bond donors (Lipinski definition) is 1. The summed E-state index contributed by atoms with van der Waals surface area (Å²) in [5, 5.41) is 3.45. The third kappa shape index (κ3) is 8.41. The molecule has 26 heavy (non-hydrogen) atoms. The van der Waals surface area contributed by atoms with Crippen LogP contribution in [-0.2, 0) is 14.8 Å². The van der Waals surface area contributed by atoms with Crippen molar-refractivity contribution in [2.45, 2.75) is 52.4 Å². The van der Waals surface area contributed by atoms with Crippen LogP contribution in [0, 0.1) is 5.92 Å². The Balaban J connectivity index is 2.51. The SMILES string of the molecule is CCCC[C@H](CC)CNC(=O)CCCN(c1cccc(Cl)c1)S(C)(=O)=O. The summed E-state index contributed by atoms with van der Waals surface area (Å²) in [5.74, 6) is 0.484. The molecule has 0 bridgehead atoms. The Kier molecular flexibility index (Phi) is 10.0. The number of amides is 1. The lowest BCUT2D eigenvalue weighted by molar-refractivity contribution is -0.121. The zero-order valence-corrected chi connectivity index (χ0v) is 17.6. The van der Waals surface area contributed by atoms with Gasteiger partial charge in [-0.05, 0) is 37.0 Å². The summed E-state index contributed by atoms with van der Waals surface area (Å²) in [6.45, 7) is 5.25. The van der Waals surface area contributed by atoms with Crippen LogP contribution in [0.4, 0.5) is 5.69 Å². The zero-order chi connectivity index (χ0) is 19.6. The molecule has 0 saturated carbocycles. The Bertz CT molecular complexity index is 665. The van der Waals surface area contributed by atoms with E-state index in [2.05, 4.69) is 19.2 Å². The first-order chi connectivity index (χ1) is 12.3. The van der Waals surface area contributed by atoms with Crippen molar-refractivity contribution in [1.29, 1.82) is 0 Å². The van der Waals surface area contributed by atoms with E-state index in [-0.39, 0.29) is 12.5 Å². The Morgan fingerprint density at radius 2 is 2.00 bits per heavy atom. The van der Waals surface area contributed by atoms with Gasteiger partial charge in [0.1, 0.15) is 0 Å². The van der Waals surface area contributed by atoms with Gasteiger partial charge in [-0.2, -0.15) is 0 Å². The molecule has 0 radical (unpaired) electrons. The first kappa shape index (κ1) is 22.8. The van der Waals surface area contributed by atoms with E-state index in [1.165, 1.54) is 10.7 Å². The number of carbonyl (C=O) groups excluding carboxylic acids is 1. The minimum Gasteiger partial charge on any atom is -0.356 e. The Morgan fingerprint density at radius 3 is 2.58 bits per heavy atom. The number of halogens is 1. The van der Waals surface area contributed by atoms with Gasteiger partial charge in [-0.15, -0.1) is 0 Å². The number of benzene rings is 1. The third-order valence-electron chi connectivity index (χ3n) is 4.39. The van der Waals surface area contributed by atoms with Crippen molar-refractivity contribution in [2.75, 3.05) is 23.7 Å². The molecule has 1 atom stereocenters. The first-order valence-corrected chi connectivity index (χ1v) is 11.5. The lowest BCUT2D eigenvalue weighted by Gasteiger charge is -2.22. The average molecular weight is 403 g/mol. The van der Waals surface area contributed by atoms with Crippen LogP contribution in [0.5, 0.6) is 0 Å². The van der Waals surface area contributed by atoms with Crippen molar-refractivity contribution in [3.05, 3.63) is 29.3 Å². The molecular formula is C19H31ClN2O3S. The number of rotatable bonds is 12. The molecule has 0 heterocycles. The van der Waals surface area contributed by atoms with Crippen molar-refractivity contribution in [2.24, 2.45) is 5.92 Å². The topological polar surface area (TPSA) is 66.5 Å². The molecule has 0 fully saturated rings. The maximum absolute atomic E-state index is 12.1. The van der Waals surface area contributed by atoms with Gasteiger partial charge in [-0.3, -0.25) is 9.10 Å². The van der Waals surface area contributed by atoms with E-state index in [4.69, 9.17) is 11.6 Å². The van der Waals surface area contributed by atoms with Gasteiger partial charge in [0.2, 0.25) is 15.9 Å². The van der Waals surface area contributed by atoms with E-state index in [1.54, 1.807) is 24.3 Å². The highest BCUT2D eigenvalue weighted by Gasteiger charge is 2.18. The fraction of sp³-hybridized carbons (Fsp3) is 0.632. The van der Waals surface area contributed by atoms with Crippen LogP contribution >= 0.6 is 11.6 Å². The maximum atomic E-state index is 12.1. The van der Waals surface area contributed by atoms with Crippen molar-refractivity contribution in [3.8, 4) is 0 Å². The number of unbranched alkanes of at least 4 members (excludes halogenated alkanes) is 1. The number of anilines is 1. The normalized spacial score (nSPS) is 12.6. The van der Waals surface area contributed by atoms with Crippen LogP contribution in [0.3, 0.4) is 0 Å². The molecule has 0 spiro atoms. The summed E-state index contributed by atoms with van der Waals surface area (Å²) in [6, 6.07) is 6.72. The fourth-order valence-corrected chi connectivity index (χ4v) is 3.93. The molecule has 7 heteroatoms. The molecular weight excluding hydrogens is 372 g/mol. The van der Waals surface area contributed by atoms with Crippen molar-refractivity contribution in [3.63, 3.8) is 0 Å². The smallest absolute Gasteiger partial charge is 0.232 e. The summed E-state index contributed by atoms with van der Waals surface area (Å²) in [6.07, 6.45) is 6.44. The molecule has 0 aliphatic rings. The van der Waals surface area contributed by atoms with Crippen LogP contribution in [0.2, 0.25) is 5.02 Å². The van der Waals surface area contributed by atoms with Crippen molar-refractivity contribution < 1.29 is 13.2 Å². The summed E-state index contributed by atoms with van der Waals surface area (Å²) >= 11 is 5.96. The Labute approximate surface area is 163 Å². The van der Waals surface area contributed by atoms with Gasteiger partial charge in [0.05, 0.1) is 11.9 Å². The van der Waals surface area contributed by atoms with Crippen LogP contribution in [0.15, 0.2) is 24.3 Å². The number of hydrogen-bond acceptors (Lipinski definition) is 3.